The molecule has 1 aromatic carbocycles. The second kappa shape index (κ2) is 5.46. The molecule has 0 saturated heterocycles. The molecule has 0 aliphatic carbocycles. The third kappa shape index (κ3) is 2.45. The number of nitrogens with one attached hydrogen (secondary N) is 1. The first-order valence-electron chi connectivity index (χ1n) is 6.38. The van der Waals surface area contributed by atoms with Crippen molar-refractivity contribution in [3.8, 4) is 0 Å². The van der Waals surface area contributed by atoms with Crippen molar-refractivity contribution < 1.29 is 9.64 Å². The van der Waals surface area contributed by atoms with E-state index in [0.717, 1.165) is 19.6 Å². The Morgan fingerprint density at radius 2 is 2.00 bits per heavy atom. The fraction of sp³-hybridized carbons (Fsp3) is 0.571. The van der Waals surface area contributed by atoms with Crippen molar-refractivity contribution >= 4 is 0 Å². The SMILES string of the molecule is CC[NH+](CC)CC1OCCc2ccccc21. The molecule has 88 valence electrons. The first kappa shape index (κ1) is 11.6. The van der Waals surface area contributed by atoms with Gasteiger partial charge in [0.15, 0.2) is 0 Å². The fourth-order valence-electron chi connectivity index (χ4n) is 2.45. The Hall–Kier alpha value is -0.860. The highest BCUT2D eigenvalue weighted by Crippen LogP contribution is 2.25. The van der Waals surface area contributed by atoms with Gasteiger partial charge in [-0.15, -0.1) is 0 Å². The third-order valence-electron chi connectivity index (χ3n) is 3.57. The average Bonchev–Trinajstić information content (AvgIpc) is 2.36. The van der Waals surface area contributed by atoms with Gasteiger partial charge in [-0.25, -0.2) is 0 Å². The van der Waals surface area contributed by atoms with E-state index >= 15 is 0 Å². The second-order valence-corrected chi connectivity index (χ2v) is 4.47. The molecule has 1 aliphatic rings. The van der Waals surface area contributed by atoms with Crippen LogP contribution in [0.15, 0.2) is 24.3 Å². The Bertz CT molecular complexity index is 333. The maximum atomic E-state index is 5.92. The van der Waals surface area contributed by atoms with Gasteiger partial charge in [0.05, 0.1) is 19.7 Å². The zero-order chi connectivity index (χ0) is 11.4. The Balaban J connectivity index is 2.12. The Labute approximate surface area is 98.2 Å². The van der Waals surface area contributed by atoms with E-state index in [0.29, 0.717) is 6.10 Å². The van der Waals surface area contributed by atoms with Crippen LogP contribution in [0.1, 0.15) is 31.1 Å². The number of benzene rings is 1. The van der Waals surface area contributed by atoms with E-state index in [9.17, 15) is 0 Å². The van der Waals surface area contributed by atoms with Crippen LogP contribution >= 0.6 is 0 Å². The number of hydrogen-bond acceptors (Lipinski definition) is 1. The minimum atomic E-state index is 0.305. The van der Waals surface area contributed by atoms with E-state index in [1.807, 2.05) is 0 Å². The molecule has 1 aromatic rings. The van der Waals surface area contributed by atoms with Crippen molar-refractivity contribution in [2.75, 3.05) is 26.2 Å². The monoisotopic (exact) mass is 220 g/mol. The summed E-state index contributed by atoms with van der Waals surface area (Å²) in [5.74, 6) is 0. The summed E-state index contributed by atoms with van der Waals surface area (Å²) >= 11 is 0. The van der Waals surface area contributed by atoms with Gasteiger partial charge in [0.2, 0.25) is 0 Å². The van der Waals surface area contributed by atoms with Crippen LogP contribution in [0.25, 0.3) is 0 Å². The predicted molar refractivity (Wildman–Crippen MR) is 65.8 cm³/mol. The molecule has 1 unspecified atom stereocenters. The van der Waals surface area contributed by atoms with Gasteiger partial charge >= 0.3 is 0 Å². The second-order valence-electron chi connectivity index (χ2n) is 4.47. The molecule has 0 aromatic heterocycles. The zero-order valence-electron chi connectivity index (χ0n) is 10.3. The van der Waals surface area contributed by atoms with Crippen LogP contribution in [0.4, 0.5) is 0 Å². The third-order valence-corrected chi connectivity index (χ3v) is 3.57. The molecule has 0 saturated carbocycles. The molecule has 2 heteroatoms. The molecule has 16 heavy (non-hydrogen) atoms. The van der Waals surface area contributed by atoms with E-state index in [-0.39, 0.29) is 0 Å². The largest absolute Gasteiger partial charge is 0.367 e. The Morgan fingerprint density at radius 1 is 1.25 bits per heavy atom. The van der Waals surface area contributed by atoms with Crippen LogP contribution in [0.2, 0.25) is 0 Å². The van der Waals surface area contributed by atoms with Gasteiger partial charge in [0, 0.05) is 0 Å². The Morgan fingerprint density at radius 3 is 2.75 bits per heavy atom. The molecule has 1 atom stereocenters. The van der Waals surface area contributed by atoms with E-state index in [1.54, 1.807) is 4.90 Å². The van der Waals surface area contributed by atoms with E-state index in [2.05, 4.69) is 38.1 Å². The molecule has 0 radical (unpaired) electrons. The van der Waals surface area contributed by atoms with Gasteiger partial charge in [0.1, 0.15) is 12.6 Å². The highest BCUT2D eigenvalue weighted by molar-refractivity contribution is 5.30. The average molecular weight is 220 g/mol. The number of fused-ring (bicyclic) bond motifs is 1. The van der Waals surface area contributed by atoms with Crippen molar-refractivity contribution in [3.05, 3.63) is 35.4 Å². The summed E-state index contributed by atoms with van der Waals surface area (Å²) in [5.41, 5.74) is 2.89. The predicted octanol–water partition coefficient (Wildman–Crippen LogP) is 1.23. The van der Waals surface area contributed by atoms with Gasteiger partial charge in [-0.3, -0.25) is 0 Å². The van der Waals surface area contributed by atoms with Crippen LogP contribution in [-0.4, -0.2) is 26.2 Å². The van der Waals surface area contributed by atoms with Crippen molar-refractivity contribution in [1.82, 2.24) is 0 Å². The van der Waals surface area contributed by atoms with Gasteiger partial charge in [0.25, 0.3) is 0 Å². The summed E-state index contributed by atoms with van der Waals surface area (Å²) in [5, 5.41) is 0. The molecule has 1 aliphatic heterocycles. The van der Waals surface area contributed by atoms with Crippen LogP contribution in [0.3, 0.4) is 0 Å². The van der Waals surface area contributed by atoms with Crippen molar-refractivity contribution in [1.29, 1.82) is 0 Å². The quantitative estimate of drug-likeness (QED) is 0.805. The number of hydrogen-bond donors (Lipinski definition) is 1. The van der Waals surface area contributed by atoms with Crippen molar-refractivity contribution in [3.63, 3.8) is 0 Å². The standard InChI is InChI=1S/C14H21NO/c1-3-15(4-2)11-14-13-8-6-5-7-12(13)9-10-16-14/h5-8,14H,3-4,9-11H2,1-2H3/p+1. The first-order valence-corrected chi connectivity index (χ1v) is 6.38. The highest BCUT2D eigenvalue weighted by Gasteiger charge is 2.23. The summed E-state index contributed by atoms with van der Waals surface area (Å²) in [7, 11) is 0. The van der Waals surface area contributed by atoms with Gasteiger partial charge < -0.3 is 9.64 Å². The Kier molecular flexibility index (Phi) is 3.97. The molecule has 1 heterocycles. The first-order chi connectivity index (χ1) is 7.85. The number of quaternary nitrogens is 1. The fourth-order valence-corrected chi connectivity index (χ4v) is 2.45. The zero-order valence-corrected chi connectivity index (χ0v) is 10.3. The molecular formula is C14H22NO+. The van der Waals surface area contributed by atoms with Crippen molar-refractivity contribution in [2.24, 2.45) is 0 Å². The van der Waals surface area contributed by atoms with Crippen LogP contribution in [0, 0.1) is 0 Å². The van der Waals surface area contributed by atoms with Crippen LogP contribution in [0.5, 0.6) is 0 Å². The lowest BCUT2D eigenvalue weighted by Gasteiger charge is -2.28. The molecule has 0 spiro atoms. The minimum Gasteiger partial charge on any atom is -0.367 e. The van der Waals surface area contributed by atoms with Crippen LogP contribution in [-0.2, 0) is 11.2 Å². The number of rotatable bonds is 4. The van der Waals surface area contributed by atoms with Crippen molar-refractivity contribution in [2.45, 2.75) is 26.4 Å². The van der Waals surface area contributed by atoms with Gasteiger partial charge in [-0.2, -0.15) is 0 Å². The summed E-state index contributed by atoms with van der Waals surface area (Å²) in [6.45, 7) is 8.82. The van der Waals surface area contributed by atoms with E-state index in [1.165, 1.54) is 24.2 Å². The lowest BCUT2D eigenvalue weighted by Crippen LogP contribution is -3.12. The molecule has 1 N–H and O–H groups in total. The number of ether oxygens (including phenoxy) is 1. The maximum absolute atomic E-state index is 5.92. The lowest BCUT2D eigenvalue weighted by atomic mass is 9.97. The summed E-state index contributed by atoms with van der Waals surface area (Å²) in [4.78, 5) is 1.61. The molecule has 2 rings (SSSR count). The lowest BCUT2D eigenvalue weighted by molar-refractivity contribution is -0.900. The van der Waals surface area contributed by atoms with E-state index in [4.69, 9.17) is 4.74 Å². The molecule has 0 amide bonds. The maximum Gasteiger partial charge on any atom is 0.132 e. The summed E-state index contributed by atoms with van der Waals surface area (Å²) in [6, 6.07) is 8.72. The summed E-state index contributed by atoms with van der Waals surface area (Å²) < 4.78 is 5.92. The van der Waals surface area contributed by atoms with Crippen LogP contribution < -0.4 is 4.90 Å². The molecule has 0 bridgehead atoms. The van der Waals surface area contributed by atoms with Gasteiger partial charge in [-0.1, -0.05) is 24.3 Å². The summed E-state index contributed by atoms with van der Waals surface area (Å²) in [6.07, 6.45) is 1.38. The minimum absolute atomic E-state index is 0.305. The van der Waals surface area contributed by atoms with Gasteiger partial charge in [-0.05, 0) is 31.4 Å². The molecule has 0 fully saturated rings. The number of likely N-dealkylation sites (N-methyl/N-ethyl adjacent to an activating group) is 1. The normalized spacial score (nSPS) is 19.8. The topological polar surface area (TPSA) is 13.7 Å². The highest BCUT2D eigenvalue weighted by atomic mass is 16.5. The smallest absolute Gasteiger partial charge is 0.132 e. The van der Waals surface area contributed by atoms with E-state index < -0.39 is 0 Å². The molecule has 2 nitrogen and oxygen atoms in total. The molecular weight excluding hydrogens is 198 g/mol.